The number of phenols is 1. The zero-order chi connectivity index (χ0) is 51.6. The van der Waals surface area contributed by atoms with Gasteiger partial charge in [-0.05, 0) is 57.3 Å². The first-order valence-corrected chi connectivity index (χ1v) is 23.9. The van der Waals surface area contributed by atoms with Gasteiger partial charge in [-0.1, -0.05) is 83.2 Å². The molecule has 9 atom stereocenters. The Kier molecular flexibility index (Phi) is 15.6. The summed E-state index contributed by atoms with van der Waals surface area (Å²) in [5.74, 6) is -5.61. The van der Waals surface area contributed by atoms with E-state index in [1.165, 1.54) is 34.1 Å². The second-order valence-corrected chi connectivity index (χ2v) is 19.3. The molecule has 0 saturated heterocycles. The normalized spacial score (nSPS) is 27.0. The molecule has 0 radical (unpaired) electrons. The van der Waals surface area contributed by atoms with Crippen LogP contribution in [-0.2, 0) is 30.4 Å². The van der Waals surface area contributed by atoms with Crippen LogP contribution >= 0.6 is 0 Å². The van der Waals surface area contributed by atoms with Gasteiger partial charge in [0.05, 0.1) is 29.4 Å². The summed E-state index contributed by atoms with van der Waals surface area (Å²) in [4.78, 5) is 63.8. The molecule has 1 aliphatic carbocycles. The van der Waals surface area contributed by atoms with Crippen molar-refractivity contribution in [3.63, 3.8) is 0 Å². The number of Topliss-reactive ketones (excluding diaryl/α,β-unsaturated/α-hetero) is 1. The molecule has 0 saturated carbocycles. The lowest BCUT2D eigenvalue weighted by Gasteiger charge is -2.39. The number of likely N-dealkylation sites (N-methyl/N-ethyl adjacent to an activating group) is 1. The predicted molar refractivity (Wildman–Crippen MR) is 269 cm³/mol. The van der Waals surface area contributed by atoms with E-state index in [2.05, 4.69) is 5.32 Å². The fourth-order valence-electron chi connectivity index (χ4n) is 9.34. The summed E-state index contributed by atoms with van der Waals surface area (Å²) in [5, 5.41) is 26.0. The zero-order valence-corrected chi connectivity index (χ0v) is 42.4. The average Bonchev–Trinajstić information content (AvgIpc) is 3.60. The molecule has 3 heterocycles. The number of allylic oxidation sites excluding steroid dienone is 2. The monoisotopic (exact) mass is 975 g/mol. The Labute approximate surface area is 413 Å². The van der Waals surface area contributed by atoms with Crippen LogP contribution in [0.3, 0.4) is 0 Å². The molecule has 3 aromatic rings. The number of ketones is 1. The van der Waals surface area contributed by atoms with Gasteiger partial charge < -0.3 is 53.3 Å². The molecule has 16 heteroatoms. The van der Waals surface area contributed by atoms with Gasteiger partial charge in [0.15, 0.2) is 17.1 Å². The third kappa shape index (κ3) is 10.5. The molecule has 4 bridgehead atoms. The van der Waals surface area contributed by atoms with E-state index in [1.54, 1.807) is 43.4 Å². The first-order valence-electron chi connectivity index (χ1n) is 23.9. The first-order chi connectivity index (χ1) is 33.7. The second kappa shape index (κ2) is 21.3. The molecule has 0 fully saturated rings. The number of rotatable bonds is 9. The maximum atomic E-state index is 15.0. The quantitative estimate of drug-likeness (QED) is 0.0717. The molecule has 16 nitrogen and oxygen atoms in total. The van der Waals surface area contributed by atoms with Crippen molar-refractivity contribution in [3.05, 3.63) is 106 Å². The van der Waals surface area contributed by atoms with Gasteiger partial charge in [-0.2, -0.15) is 0 Å². The summed E-state index contributed by atoms with van der Waals surface area (Å²) in [7, 11) is 5.34. The summed E-state index contributed by atoms with van der Waals surface area (Å²) in [6, 6.07) is 12.8. The van der Waals surface area contributed by atoms with Crippen LogP contribution in [0.15, 0.2) is 87.8 Å². The number of nitrogens with one attached hydrogen (secondary N) is 1. The van der Waals surface area contributed by atoms with Gasteiger partial charge in [0.2, 0.25) is 5.43 Å². The number of hydrogen-bond donors (Lipinski definition) is 3. The van der Waals surface area contributed by atoms with Crippen molar-refractivity contribution in [2.45, 2.75) is 93.0 Å². The molecule has 3 aliphatic heterocycles. The predicted octanol–water partition coefficient (Wildman–Crippen LogP) is 8.74. The minimum Gasteiger partial charge on any atom is -0.507 e. The number of esters is 1. The molecular weight excluding hydrogens is 911 g/mol. The molecule has 1 amide bonds. The van der Waals surface area contributed by atoms with Crippen LogP contribution < -0.4 is 25.0 Å². The van der Waals surface area contributed by atoms with Gasteiger partial charge in [-0.25, -0.2) is 4.98 Å². The second-order valence-electron chi connectivity index (χ2n) is 19.3. The molecule has 0 aromatic heterocycles. The van der Waals surface area contributed by atoms with E-state index in [1.807, 2.05) is 83.9 Å². The van der Waals surface area contributed by atoms with E-state index >= 15 is 9.59 Å². The molecule has 7 rings (SSSR count). The third-order valence-electron chi connectivity index (χ3n) is 14.0. The Morgan fingerprint density at radius 3 is 2.34 bits per heavy atom. The third-order valence-corrected chi connectivity index (χ3v) is 14.0. The maximum Gasteiger partial charge on any atom is 0.312 e. The number of aliphatic hydroxyl groups is 1. The number of hydrogen-bond acceptors (Lipinski definition) is 15. The number of nitrogens with zero attached hydrogens (tertiary/aromatic N) is 2. The first kappa shape index (κ1) is 52.1. The zero-order valence-electron chi connectivity index (χ0n) is 42.4. The van der Waals surface area contributed by atoms with Crippen LogP contribution in [0.1, 0.15) is 76.9 Å². The lowest BCUT2D eigenvalue weighted by Crippen LogP contribution is -2.43. The lowest BCUT2D eigenvalue weighted by molar-refractivity contribution is -0.157. The fraction of sp³-hybridized carbons (Fsp3) is 0.436. The number of methoxy groups -OCH3 is 1. The molecule has 3 N–H and O–H groups in total. The van der Waals surface area contributed by atoms with Crippen LogP contribution in [0.5, 0.6) is 23.0 Å². The highest BCUT2D eigenvalue weighted by Crippen LogP contribution is 2.51. The van der Waals surface area contributed by atoms with Crippen molar-refractivity contribution in [3.8, 4) is 34.5 Å². The Morgan fingerprint density at radius 1 is 0.944 bits per heavy atom. The van der Waals surface area contributed by atoms with Crippen molar-refractivity contribution in [1.82, 2.24) is 9.88 Å². The number of aromatic nitrogens is 1. The molecule has 71 heavy (non-hydrogen) atoms. The van der Waals surface area contributed by atoms with E-state index in [0.717, 1.165) is 5.56 Å². The van der Waals surface area contributed by atoms with E-state index in [0.29, 0.717) is 18.9 Å². The van der Waals surface area contributed by atoms with Gasteiger partial charge in [0, 0.05) is 68.0 Å². The van der Waals surface area contributed by atoms with Crippen LogP contribution in [0.25, 0.3) is 33.3 Å². The Bertz CT molecular complexity index is 2940. The number of carbonyl (C=O) groups is 3. The minimum atomic E-state index is -2.05. The highest BCUT2D eigenvalue weighted by molar-refractivity contribution is 6.22. The van der Waals surface area contributed by atoms with Gasteiger partial charge >= 0.3 is 11.8 Å². The lowest BCUT2D eigenvalue weighted by atomic mass is 9.73. The fourth-order valence-corrected chi connectivity index (χ4v) is 9.34. The van der Waals surface area contributed by atoms with E-state index in [9.17, 15) is 19.8 Å². The molecule has 0 spiro atoms. The van der Waals surface area contributed by atoms with Gasteiger partial charge in [-0.15, -0.1) is 0 Å². The van der Waals surface area contributed by atoms with Crippen molar-refractivity contribution in [2.24, 2.45) is 29.6 Å². The number of ether oxygens (including phenoxy) is 6. The van der Waals surface area contributed by atoms with E-state index in [4.69, 9.17) is 37.8 Å². The van der Waals surface area contributed by atoms with Gasteiger partial charge in [0.1, 0.15) is 53.5 Å². The number of aliphatic hydroxyl groups excluding tert-OH is 1. The summed E-state index contributed by atoms with van der Waals surface area (Å²) in [6.45, 7) is 16.5. The average molecular weight is 976 g/mol. The number of fused-ring (bicyclic) bond motifs is 2. The van der Waals surface area contributed by atoms with Gasteiger partial charge in [0.25, 0.3) is 11.7 Å². The number of benzene rings is 4. The standard InChI is InChI=1S/C55H65N3O13/c1-28-17-16-18-29(2)54(64)57-46-49(62)42-41(45-52(46)70-40-26-37(66-24-22-58(10)11)25-39(44(40)56-45)67-27-36-19-14-13-15-20-36)43-51(34(7)48(42)61)71-55(9,53(43)63)68-23-21-38(65-12)33(6)50(69-35(8)59)32(5)30(3)31(4)47(28)60/h13-21,23,25-26,28,30-33,38,47,50,60-61H,22,24,27H2,1-12H3,(H,57,64)/b17-16+,23-21+,29-18-/t28-,30+,31-,32+,33+,38-,47-,50-,55-/m0/s1. The topological polar surface area (TPSA) is 205 Å². The van der Waals surface area contributed by atoms with Crippen LogP contribution in [-0.4, -0.2) is 96.2 Å². The summed E-state index contributed by atoms with van der Waals surface area (Å²) >= 11 is 0. The molecule has 378 valence electrons. The van der Waals surface area contributed by atoms with Crippen LogP contribution in [0.4, 0.5) is 5.69 Å². The smallest absolute Gasteiger partial charge is 0.312 e. The van der Waals surface area contributed by atoms with Gasteiger partial charge in [-0.3, -0.25) is 19.2 Å². The number of aromatic hydroxyl groups is 1. The molecule has 4 aliphatic rings. The maximum absolute atomic E-state index is 15.0. The molecule has 0 unspecified atom stereocenters. The summed E-state index contributed by atoms with van der Waals surface area (Å²) < 4.78 is 43.6. The number of anilines is 1. The van der Waals surface area contributed by atoms with Crippen LogP contribution in [0.2, 0.25) is 0 Å². The molecular formula is C55H65N3O13. The SMILES string of the molecule is CO[C@H]1/C=C/O[C@@]2(C)Oc3c(C)c(O)c4c(=O)c(c5oc6cc(OCCN(C)C)cc(OCc7ccccc7)c6nc-5c4c3C2=O)NC(=O)/C(C)=C\C=C\[C@H](C)[C@H](O)[C@@H](C)[C@@H](C)[C@@H](C)[C@H](OC(C)=O)[C@@H]1C. The Balaban J connectivity index is 1.47. The Morgan fingerprint density at radius 2 is 1.66 bits per heavy atom. The van der Waals surface area contributed by atoms with Crippen LogP contribution in [0, 0.1) is 36.5 Å². The largest absolute Gasteiger partial charge is 0.507 e. The van der Waals surface area contributed by atoms with Crippen molar-refractivity contribution >= 4 is 45.2 Å². The van der Waals surface area contributed by atoms with Crippen molar-refractivity contribution in [2.75, 3.05) is 39.7 Å². The van der Waals surface area contributed by atoms with E-state index < -0.39 is 58.9 Å². The van der Waals surface area contributed by atoms with E-state index in [-0.39, 0.29) is 97.5 Å². The number of phenolic OH excluding ortho intramolecular Hbond substituents is 1. The summed E-state index contributed by atoms with van der Waals surface area (Å²) in [5.41, 5.74) is 0.0209. The Hall–Kier alpha value is -6.75. The minimum absolute atomic E-state index is 0.0583. The summed E-state index contributed by atoms with van der Waals surface area (Å²) in [6.07, 6.45) is 5.66. The van der Waals surface area contributed by atoms with Crippen molar-refractivity contribution in [1.29, 1.82) is 0 Å². The highest BCUT2D eigenvalue weighted by Gasteiger charge is 2.50. The number of carbonyl (C=O) groups excluding carboxylic acids is 3. The number of amides is 1. The highest BCUT2D eigenvalue weighted by atomic mass is 16.7. The van der Waals surface area contributed by atoms with Crippen molar-refractivity contribution < 1.29 is 57.4 Å². The molecule has 3 aromatic carbocycles.